The summed E-state index contributed by atoms with van der Waals surface area (Å²) in [6.07, 6.45) is -3.75. The predicted octanol–water partition coefficient (Wildman–Crippen LogP) is 2.35. The average molecular weight is 563 g/mol. The Morgan fingerprint density at radius 3 is 2.65 bits per heavy atom. The van der Waals surface area contributed by atoms with E-state index in [0.717, 1.165) is 10.8 Å². The topological polar surface area (TPSA) is 164 Å². The van der Waals surface area contributed by atoms with Crippen LogP contribution in [0.2, 0.25) is 0 Å². The Labute approximate surface area is 217 Å². The largest absolute Gasteiger partial charge is 0.462 e. The van der Waals surface area contributed by atoms with Crippen LogP contribution in [0.5, 0.6) is 5.75 Å². The summed E-state index contributed by atoms with van der Waals surface area (Å²) >= 11 is 6.48. The molecule has 15 heteroatoms. The van der Waals surface area contributed by atoms with Gasteiger partial charge in [-0.1, -0.05) is 18.2 Å². The van der Waals surface area contributed by atoms with E-state index < -0.39 is 73.1 Å². The lowest BCUT2D eigenvalue weighted by Crippen LogP contribution is -2.42. The first kappa shape index (κ1) is 29.0. The van der Waals surface area contributed by atoms with Crippen LogP contribution in [-0.2, 0) is 23.4 Å². The van der Waals surface area contributed by atoms with E-state index in [9.17, 15) is 23.7 Å². The Kier molecular flexibility index (Phi) is 8.99. The Morgan fingerprint density at radius 2 is 2.03 bits per heavy atom. The van der Waals surface area contributed by atoms with Crippen molar-refractivity contribution in [3.05, 3.63) is 52.8 Å². The molecular formula is C22H29ClFN4O8P. The van der Waals surface area contributed by atoms with E-state index >= 15 is 0 Å². The van der Waals surface area contributed by atoms with Crippen LogP contribution >= 0.6 is 19.3 Å². The van der Waals surface area contributed by atoms with Crippen molar-refractivity contribution in [3.8, 4) is 5.75 Å². The number of para-hydroxylation sites is 1. The molecule has 0 unspecified atom stereocenters. The summed E-state index contributed by atoms with van der Waals surface area (Å²) in [5.74, 6) is -2.12. The molecule has 0 saturated carbocycles. The lowest BCUT2D eigenvalue weighted by Gasteiger charge is -2.26. The number of carbonyl (C=O) groups excluding carboxylic acids is 1. The minimum atomic E-state index is -4.27. The average Bonchev–Trinajstić information content (AvgIpc) is 3.03. The Morgan fingerprint density at radius 1 is 1.38 bits per heavy atom. The highest BCUT2D eigenvalue weighted by atomic mass is 35.5. The number of alkyl halides is 1. The molecule has 1 saturated heterocycles. The maximum atomic E-state index is 14.0. The third kappa shape index (κ3) is 6.86. The van der Waals surface area contributed by atoms with Gasteiger partial charge in [0.25, 0.3) is 0 Å². The van der Waals surface area contributed by atoms with E-state index in [2.05, 4.69) is 10.1 Å². The number of ether oxygens (including phenoxy) is 2. The molecule has 0 radical (unpaired) electrons. The van der Waals surface area contributed by atoms with Gasteiger partial charge in [0.1, 0.15) is 28.9 Å². The Hall–Kier alpha value is -2.54. The zero-order valence-corrected chi connectivity index (χ0v) is 22.2. The minimum absolute atomic E-state index is 0.172. The summed E-state index contributed by atoms with van der Waals surface area (Å²) in [4.78, 5) is 26.3. The molecule has 2 heterocycles. The van der Waals surface area contributed by atoms with Crippen molar-refractivity contribution in [2.75, 3.05) is 12.3 Å². The van der Waals surface area contributed by atoms with Crippen molar-refractivity contribution in [2.45, 2.75) is 63.2 Å². The molecule has 4 N–H and O–H groups in total. The molecule has 0 spiro atoms. The molecule has 0 aliphatic carbocycles. The number of nitrogens with zero attached hydrogens (tertiary/aromatic N) is 2. The first-order valence-corrected chi connectivity index (χ1v) is 13.2. The van der Waals surface area contributed by atoms with Crippen LogP contribution in [0, 0.1) is 5.82 Å². The minimum Gasteiger partial charge on any atom is -0.462 e. The number of halogens is 2. The summed E-state index contributed by atoms with van der Waals surface area (Å²) in [6.45, 7) is 5.55. The van der Waals surface area contributed by atoms with Crippen molar-refractivity contribution in [1.82, 2.24) is 14.6 Å². The number of esters is 1. The summed E-state index contributed by atoms with van der Waals surface area (Å²) in [6, 6.07) is 6.95. The number of aliphatic hydroxyl groups excluding tert-OH is 1. The quantitative estimate of drug-likeness (QED) is 0.221. The molecule has 204 valence electrons. The Bertz CT molecular complexity index is 1210. The molecule has 1 aliphatic heterocycles. The summed E-state index contributed by atoms with van der Waals surface area (Å²) < 4.78 is 50.3. The monoisotopic (exact) mass is 562 g/mol. The highest BCUT2D eigenvalue weighted by Gasteiger charge is 2.54. The highest BCUT2D eigenvalue weighted by Crippen LogP contribution is 2.48. The predicted molar refractivity (Wildman–Crippen MR) is 131 cm³/mol. The van der Waals surface area contributed by atoms with E-state index in [1.54, 1.807) is 32.0 Å². The van der Waals surface area contributed by atoms with Crippen molar-refractivity contribution in [3.63, 3.8) is 0 Å². The Balaban J connectivity index is 1.81. The van der Waals surface area contributed by atoms with E-state index in [1.807, 2.05) is 0 Å². The van der Waals surface area contributed by atoms with E-state index in [4.69, 9.17) is 35.9 Å². The van der Waals surface area contributed by atoms with Gasteiger partial charge in [-0.3, -0.25) is 13.9 Å². The number of benzene rings is 1. The number of carbonyl (C=O) groups is 1. The highest BCUT2D eigenvalue weighted by molar-refractivity contribution is 7.52. The second kappa shape index (κ2) is 11.5. The van der Waals surface area contributed by atoms with Crippen LogP contribution < -0.4 is 21.0 Å². The van der Waals surface area contributed by atoms with Crippen LogP contribution in [0.3, 0.4) is 0 Å². The molecule has 1 aromatic carbocycles. The van der Waals surface area contributed by atoms with Gasteiger partial charge in [-0.05, 0) is 39.8 Å². The smallest absolute Gasteiger partial charge is 0.459 e. The molecule has 37 heavy (non-hydrogen) atoms. The van der Waals surface area contributed by atoms with Gasteiger partial charge in [0.2, 0.25) is 0 Å². The van der Waals surface area contributed by atoms with E-state index in [-0.39, 0.29) is 5.75 Å². The van der Waals surface area contributed by atoms with Crippen LogP contribution in [0.4, 0.5) is 10.2 Å². The van der Waals surface area contributed by atoms with Crippen LogP contribution in [0.25, 0.3) is 0 Å². The van der Waals surface area contributed by atoms with Crippen molar-refractivity contribution in [1.29, 1.82) is 0 Å². The number of rotatable bonds is 10. The third-order valence-electron chi connectivity index (χ3n) is 5.34. The summed E-state index contributed by atoms with van der Waals surface area (Å²) in [5, 5.41) is 13.3. The molecule has 1 aromatic heterocycles. The third-order valence-corrected chi connectivity index (χ3v) is 7.39. The number of nitrogens with two attached hydrogens (primary N) is 1. The number of hydrogen-bond donors (Lipinski definition) is 3. The molecule has 6 atom stereocenters. The molecule has 12 nitrogen and oxygen atoms in total. The van der Waals surface area contributed by atoms with E-state index in [0.29, 0.717) is 0 Å². The molecular weight excluding hydrogens is 534 g/mol. The fourth-order valence-corrected chi connectivity index (χ4v) is 5.28. The van der Waals surface area contributed by atoms with Gasteiger partial charge in [-0.2, -0.15) is 10.1 Å². The van der Waals surface area contributed by atoms with Crippen molar-refractivity contribution in [2.24, 2.45) is 0 Å². The van der Waals surface area contributed by atoms with Crippen LogP contribution in [0.1, 0.15) is 33.9 Å². The second-order valence-corrected chi connectivity index (χ2v) is 11.3. The number of aliphatic hydroxyl groups is 1. The fraction of sp³-hybridized carbons (Fsp3) is 0.500. The van der Waals surface area contributed by atoms with Gasteiger partial charge in [0, 0.05) is 0 Å². The van der Waals surface area contributed by atoms with Gasteiger partial charge in [0.15, 0.2) is 17.9 Å². The number of nitrogens with one attached hydrogen (secondary N) is 1. The van der Waals surface area contributed by atoms with Gasteiger partial charge in [0.05, 0.1) is 18.9 Å². The number of aromatic nitrogens is 2. The SMILES string of the molecule is CC(C)OC(=O)[C@@H](C)N[P@](=O)(OC[C@H]1O[C@@H](n2cc(F)c(N)nc2=O)[C@](C)(Cl)[C@@H]1O)Oc1ccccc1. The standard InChI is InChI=1S/C22H29ClFN4O8P/c1-12(2)34-19(30)13(3)27-37(32,36-14-8-6-5-7-9-14)33-11-16-17(29)22(4,23)20(35-16)28-10-15(24)18(25)26-21(28)31/h5-10,12-13,16-17,20,29H,11H2,1-4H3,(H,27,32)(H2,25,26,31)/t13-,16-,17-,20-,22-,37+/m1/s1. The normalized spacial score (nSPS) is 26.0. The van der Waals surface area contributed by atoms with Gasteiger partial charge >= 0.3 is 19.4 Å². The lowest BCUT2D eigenvalue weighted by atomic mass is 10.0. The van der Waals surface area contributed by atoms with Crippen LogP contribution in [0.15, 0.2) is 41.3 Å². The molecule has 0 bridgehead atoms. The molecule has 0 amide bonds. The van der Waals surface area contributed by atoms with E-state index in [1.165, 1.54) is 26.0 Å². The van der Waals surface area contributed by atoms with Gasteiger partial charge < -0.3 is 24.8 Å². The molecule has 1 fully saturated rings. The summed E-state index contributed by atoms with van der Waals surface area (Å²) in [7, 11) is -4.27. The van der Waals surface area contributed by atoms with Crippen molar-refractivity contribution >= 4 is 31.1 Å². The zero-order valence-electron chi connectivity index (χ0n) is 20.5. The molecule has 1 aliphatic rings. The second-order valence-electron chi connectivity index (χ2n) is 8.82. The molecule has 3 rings (SSSR count). The zero-order chi connectivity index (χ0) is 27.5. The summed E-state index contributed by atoms with van der Waals surface area (Å²) in [5.41, 5.74) is 4.37. The number of anilines is 1. The number of hydrogen-bond acceptors (Lipinski definition) is 10. The maximum Gasteiger partial charge on any atom is 0.459 e. The van der Waals surface area contributed by atoms with Gasteiger partial charge in [-0.15, -0.1) is 11.6 Å². The lowest BCUT2D eigenvalue weighted by molar-refractivity contribution is -0.149. The first-order chi connectivity index (χ1) is 17.2. The fourth-order valence-electron chi connectivity index (χ4n) is 3.48. The van der Waals surface area contributed by atoms with Crippen molar-refractivity contribution < 1.29 is 37.4 Å². The van der Waals surface area contributed by atoms with Gasteiger partial charge in [-0.25, -0.2) is 13.8 Å². The van der Waals surface area contributed by atoms with Crippen LogP contribution in [-0.4, -0.2) is 56.5 Å². The maximum absolute atomic E-state index is 14.0. The number of nitrogen functional groups attached to an aromatic ring is 1. The first-order valence-electron chi connectivity index (χ1n) is 11.3. The molecule has 2 aromatic rings.